The van der Waals surface area contributed by atoms with Gasteiger partial charge in [-0.1, -0.05) is 41.5 Å². The molecule has 0 unspecified atom stereocenters. The third-order valence-corrected chi connectivity index (χ3v) is 2.40. The summed E-state index contributed by atoms with van der Waals surface area (Å²) in [5.74, 6) is 0.249. The predicted octanol–water partition coefficient (Wildman–Crippen LogP) is 4.02. The Hall–Kier alpha value is -1.89. The van der Waals surface area contributed by atoms with Gasteiger partial charge in [0.15, 0.2) is 5.65 Å². The molecule has 4 heteroatoms. The van der Waals surface area contributed by atoms with E-state index in [4.69, 9.17) is 5.26 Å². The summed E-state index contributed by atoms with van der Waals surface area (Å²) in [7, 11) is 1.85. The standard InChI is InChI=1S/C11H12N4.2C2H6/c1-7(2)10-8(5-12)4-9-6-13-15(3)11(9)14-10;2*1-2/h4,6-7H,1-3H3;2*1-2H3. The number of aromatic nitrogens is 3. The maximum absolute atomic E-state index is 9.02. The Balaban J connectivity index is 0.000000741. The van der Waals surface area contributed by atoms with Crippen LogP contribution in [-0.4, -0.2) is 14.8 Å². The Kier molecular flexibility index (Phi) is 7.43. The highest BCUT2D eigenvalue weighted by Gasteiger charge is 2.11. The van der Waals surface area contributed by atoms with Crippen LogP contribution in [0, 0.1) is 11.3 Å². The number of nitrogens with zero attached hydrogens (tertiary/aromatic N) is 4. The topological polar surface area (TPSA) is 54.5 Å². The van der Waals surface area contributed by atoms with Gasteiger partial charge in [-0.2, -0.15) is 10.4 Å². The monoisotopic (exact) mass is 260 g/mol. The largest absolute Gasteiger partial charge is 0.250 e. The molecule has 0 saturated carbocycles. The number of hydrogen-bond acceptors (Lipinski definition) is 3. The minimum absolute atomic E-state index is 0.249. The molecule has 0 atom stereocenters. The lowest BCUT2D eigenvalue weighted by Crippen LogP contribution is -2.00. The van der Waals surface area contributed by atoms with E-state index >= 15 is 0 Å². The van der Waals surface area contributed by atoms with Crippen molar-refractivity contribution in [2.24, 2.45) is 7.05 Å². The van der Waals surface area contributed by atoms with Crippen molar-refractivity contribution in [3.05, 3.63) is 23.5 Å². The van der Waals surface area contributed by atoms with Crippen LogP contribution in [0.1, 0.15) is 58.7 Å². The van der Waals surface area contributed by atoms with Crippen LogP contribution in [0.5, 0.6) is 0 Å². The molecule has 104 valence electrons. The maximum atomic E-state index is 9.02. The zero-order valence-electron chi connectivity index (χ0n) is 13.0. The van der Waals surface area contributed by atoms with E-state index < -0.39 is 0 Å². The van der Waals surface area contributed by atoms with E-state index in [0.29, 0.717) is 5.56 Å². The molecule has 0 spiro atoms. The molecular formula is C15H24N4. The second-order valence-corrected chi connectivity index (χ2v) is 3.87. The fourth-order valence-corrected chi connectivity index (χ4v) is 1.62. The number of aryl methyl sites for hydroxylation is 1. The fraction of sp³-hybridized carbons (Fsp3) is 0.533. The number of hydrogen-bond donors (Lipinski definition) is 0. The highest BCUT2D eigenvalue weighted by atomic mass is 15.3. The summed E-state index contributed by atoms with van der Waals surface area (Å²) in [4.78, 5) is 4.48. The molecule has 0 aliphatic heterocycles. The molecule has 2 aromatic heterocycles. The summed E-state index contributed by atoms with van der Waals surface area (Å²) >= 11 is 0. The number of nitriles is 1. The molecule has 4 nitrogen and oxygen atoms in total. The first-order valence-electron chi connectivity index (χ1n) is 6.86. The van der Waals surface area contributed by atoms with E-state index in [0.717, 1.165) is 16.7 Å². The Bertz CT molecular complexity index is 547. The van der Waals surface area contributed by atoms with Gasteiger partial charge in [0, 0.05) is 12.4 Å². The molecule has 0 N–H and O–H groups in total. The van der Waals surface area contributed by atoms with Gasteiger partial charge in [-0.25, -0.2) is 4.98 Å². The van der Waals surface area contributed by atoms with E-state index in [1.54, 1.807) is 10.9 Å². The summed E-state index contributed by atoms with van der Waals surface area (Å²) in [6, 6.07) is 4.03. The van der Waals surface area contributed by atoms with Gasteiger partial charge in [0.05, 0.1) is 17.5 Å². The zero-order valence-corrected chi connectivity index (χ0v) is 13.0. The summed E-state index contributed by atoms with van der Waals surface area (Å²) in [6.45, 7) is 12.1. The summed E-state index contributed by atoms with van der Waals surface area (Å²) in [5, 5.41) is 14.0. The van der Waals surface area contributed by atoms with Crippen molar-refractivity contribution in [1.82, 2.24) is 14.8 Å². The van der Waals surface area contributed by atoms with Crippen LogP contribution in [0.3, 0.4) is 0 Å². The molecule has 0 fully saturated rings. The summed E-state index contributed by atoms with van der Waals surface area (Å²) in [5.41, 5.74) is 2.32. The maximum Gasteiger partial charge on any atom is 0.157 e. The van der Waals surface area contributed by atoms with Gasteiger partial charge in [0.25, 0.3) is 0 Å². The predicted molar refractivity (Wildman–Crippen MR) is 80.0 cm³/mol. The van der Waals surface area contributed by atoms with E-state index in [1.165, 1.54) is 0 Å². The van der Waals surface area contributed by atoms with Crippen LogP contribution in [0.2, 0.25) is 0 Å². The fourth-order valence-electron chi connectivity index (χ4n) is 1.62. The summed E-state index contributed by atoms with van der Waals surface area (Å²) in [6.07, 6.45) is 1.73. The van der Waals surface area contributed by atoms with Crippen LogP contribution in [-0.2, 0) is 7.05 Å². The first-order chi connectivity index (χ1) is 9.13. The molecular weight excluding hydrogens is 236 g/mol. The Morgan fingerprint density at radius 1 is 1.21 bits per heavy atom. The molecule has 0 amide bonds. The first kappa shape index (κ1) is 17.1. The smallest absolute Gasteiger partial charge is 0.157 e. The molecule has 0 bridgehead atoms. The molecule has 0 radical (unpaired) electrons. The highest BCUT2D eigenvalue weighted by molar-refractivity contribution is 5.76. The lowest BCUT2D eigenvalue weighted by atomic mass is 10.0. The first-order valence-corrected chi connectivity index (χ1v) is 6.86. The van der Waals surface area contributed by atoms with E-state index in [2.05, 4.69) is 16.2 Å². The van der Waals surface area contributed by atoms with Crippen molar-refractivity contribution in [2.75, 3.05) is 0 Å². The third kappa shape index (κ3) is 3.78. The van der Waals surface area contributed by atoms with Crippen molar-refractivity contribution in [3.63, 3.8) is 0 Å². The highest BCUT2D eigenvalue weighted by Crippen LogP contribution is 2.21. The van der Waals surface area contributed by atoms with Crippen LogP contribution < -0.4 is 0 Å². The number of rotatable bonds is 1. The van der Waals surface area contributed by atoms with Crippen LogP contribution >= 0.6 is 0 Å². The molecule has 0 aliphatic rings. The number of pyridine rings is 1. The molecule has 2 aromatic rings. The van der Waals surface area contributed by atoms with Crippen molar-refractivity contribution < 1.29 is 0 Å². The van der Waals surface area contributed by atoms with Crippen LogP contribution in [0.15, 0.2) is 12.3 Å². The van der Waals surface area contributed by atoms with Crippen molar-refractivity contribution in [1.29, 1.82) is 5.26 Å². The third-order valence-electron chi connectivity index (χ3n) is 2.40. The van der Waals surface area contributed by atoms with Gasteiger partial charge in [0.2, 0.25) is 0 Å². The average molecular weight is 260 g/mol. The molecule has 2 rings (SSSR count). The average Bonchev–Trinajstić information content (AvgIpc) is 2.82. The second kappa shape index (κ2) is 8.25. The van der Waals surface area contributed by atoms with Crippen molar-refractivity contribution >= 4 is 11.0 Å². The van der Waals surface area contributed by atoms with Crippen molar-refractivity contribution in [3.8, 4) is 6.07 Å². The SMILES string of the molecule is CC.CC.CC(C)c1nc2c(cnn2C)cc1C#N. The van der Waals surface area contributed by atoms with E-state index in [-0.39, 0.29) is 5.92 Å². The second-order valence-electron chi connectivity index (χ2n) is 3.87. The van der Waals surface area contributed by atoms with Gasteiger partial charge >= 0.3 is 0 Å². The van der Waals surface area contributed by atoms with Crippen LogP contribution in [0.4, 0.5) is 0 Å². The van der Waals surface area contributed by atoms with Crippen molar-refractivity contribution in [2.45, 2.75) is 47.5 Å². The van der Waals surface area contributed by atoms with E-state index in [9.17, 15) is 0 Å². The Morgan fingerprint density at radius 2 is 1.79 bits per heavy atom. The minimum atomic E-state index is 0.249. The van der Waals surface area contributed by atoms with Crippen LogP contribution in [0.25, 0.3) is 11.0 Å². The Morgan fingerprint density at radius 3 is 2.26 bits per heavy atom. The Labute approximate surface area is 116 Å². The molecule has 2 heterocycles. The lowest BCUT2D eigenvalue weighted by Gasteiger charge is -2.06. The molecule has 0 aliphatic carbocycles. The molecule has 19 heavy (non-hydrogen) atoms. The zero-order chi connectivity index (χ0) is 15.0. The molecule has 0 saturated heterocycles. The van der Waals surface area contributed by atoms with E-state index in [1.807, 2.05) is 54.7 Å². The van der Waals surface area contributed by atoms with Gasteiger partial charge in [-0.3, -0.25) is 4.68 Å². The van der Waals surface area contributed by atoms with Gasteiger partial charge < -0.3 is 0 Å². The number of fused-ring (bicyclic) bond motifs is 1. The molecule has 0 aromatic carbocycles. The lowest BCUT2D eigenvalue weighted by molar-refractivity contribution is 0.769. The van der Waals surface area contributed by atoms with Gasteiger partial charge in [-0.05, 0) is 12.0 Å². The van der Waals surface area contributed by atoms with Gasteiger partial charge in [-0.15, -0.1) is 0 Å². The van der Waals surface area contributed by atoms with Gasteiger partial charge in [0.1, 0.15) is 6.07 Å². The normalized spacial score (nSPS) is 9.21. The summed E-state index contributed by atoms with van der Waals surface area (Å²) < 4.78 is 1.72. The minimum Gasteiger partial charge on any atom is -0.250 e. The quantitative estimate of drug-likeness (QED) is 0.778.